The summed E-state index contributed by atoms with van der Waals surface area (Å²) in [5, 5.41) is 4.08. The van der Waals surface area contributed by atoms with Crippen LogP contribution in [0.4, 0.5) is 0 Å². The highest BCUT2D eigenvalue weighted by atomic mass is 32.2. The summed E-state index contributed by atoms with van der Waals surface area (Å²) in [5.41, 5.74) is 0.790. The molecular formula is C19H21N3O5S. The quantitative estimate of drug-likeness (QED) is 0.624. The van der Waals surface area contributed by atoms with Crippen molar-refractivity contribution in [3.63, 3.8) is 0 Å². The number of piperazine rings is 1. The van der Waals surface area contributed by atoms with Gasteiger partial charge in [-0.15, -0.1) is 0 Å². The Bertz CT molecular complexity index is 1000. The molecule has 0 unspecified atom stereocenters. The molecule has 4 rings (SSSR count). The zero-order chi connectivity index (χ0) is 19.6. The number of hydrogen-bond acceptors (Lipinski definition) is 7. The summed E-state index contributed by atoms with van der Waals surface area (Å²) in [4.78, 5) is 2.44. The summed E-state index contributed by atoms with van der Waals surface area (Å²) in [6.07, 6.45) is 1.58. The van der Waals surface area contributed by atoms with Crippen molar-refractivity contribution in [3.05, 3.63) is 54.4 Å². The predicted molar refractivity (Wildman–Crippen MR) is 101 cm³/mol. The number of benzene rings is 1. The highest BCUT2D eigenvalue weighted by Gasteiger charge is 2.28. The van der Waals surface area contributed by atoms with Crippen LogP contribution in [0.2, 0.25) is 0 Å². The van der Waals surface area contributed by atoms with Crippen LogP contribution in [0, 0.1) is 0 Å². The van der Waals surface area contributed by atoms with E-state index in [1.807, 2.05) is 12.1 Å². The Balaban J connectivity index is 1.36. The van der Waals surface area contributed by atoms with Gasteiger partial charge in [-0.2, -0.15) is 4.31 Å². The number of ether oxygens (including phenoxy) is 1. The van der Waals surface area contributed by atoms with Crippen molar-refractivity contribution in [3.8, 4) is 17.3 Å². The standard InChI is InChI=1S/C19H21N3O5S/c1-25-16-4-6-17(7-5-16)28(23,24)22-10-8-21(9-11-22)14-15-13-19(27-20-15)18-3-2-12-26-18/h2-7,12-13H,8-11,14H2,1H3. The van der Waals surface area contributed by atoms with Crippen LogP contribution < -0.4 is 4.74 Å². The second kappa shape index (κ2) is 7.78. The number of hydrogen-bond donors (Lipinski definition) is 0. The molecule has 0 spiro atoms. The van der Waals surface area contributed by atoms with E-state index in [2.05, 4.69) is 10.1 Å². The van der Waals surface area contributed by atoms with E-state index in [4.69, 9.17) is 13.7 Å². The molecule has 2 aromatic heterocycles. The summed E-state index contributed by atoms with van der Waals surface area (Å²) in [7, 11) is -1.95. The molecule has 0 saturated carbocycles. The molecule has 0 bridgehead atoms. The van der Waals surface area contributed by atoms with Crippen LogP contribution in [0.3, 0.4) is 0 Å². The van der Waals surface area contributed by atoms with Gasteiger partial charge in [0.15, 0.2) is 5.76 Å². The molecule has 1 aromatic carbocycles. The third kappa shape index (κ3) is 3.82. The Morgan fingerprint density at radius 2 is 1.82 bits per heavy atom. The number of sulfonamides is 1. The van der Waals surface area contributed by atoms with Crippen molar-refractivity contribution in [2.75, 3.05) is 33.3 Å². The molecule has 28 heavy (non-hydrogen) atoms. The number of nitrogens with zero attached hydrogens (tertiary/aromatic N) is 3. The molecule has 1 aliphatic heterocycles. The lowest BCUT2D eigenvalue weighted by Gasteiger charge is -2.33. The van der Waals surface area contributed by atoms with Crippen molar-refractivity contribution in [1.82, 2.24) is 14.4 Å². The lowest BCUT2D eigenvalue weighted by atomic mass is 10.3. The van der Waals surface area contributed by atoms with Gasteiger partial charge in [-0.05, 0) is 36.4 Å². The maximum absolute atomic E-state index is 12.8. The van der Waals surface area contributed by atoms with Crippen molar-refractivity contribution in [2.24, 2.45) is 0 Å². The van der Waals surface area contributed by atoms with Gasteiger partial charge in [0.2, 0.25) is 15.8 Å². The summed E-state index contributed by atoms with van der Waals surface area (Å²) in [6, 6.07) is 11.9. The Labute approximate surface area is 163 Å². The van der Waals surface area contributed by atoms with Crippen LogP contribution in [-0.2, 0) is 16.6 Å². The molecule has 3 heterocycles. The highest BCUT2D eigenvalue weighted by molar-refractivity contribution is 7.89. The molecular weight excluding hydrogens is 382 g/mol. The zero-order valence-electron chi connectivity index (χ0n) is 15.4. The summed E-state index contributed by atoms with van der Waals surface area (Å²) >= 11 is 0. The molecule has 148 valence electrons. The SMILES string of the molecule is COc1ccc(S(=O)(=O)N2CCN(Cc3cc(-c4ccco4)on3)CC2)cc1. The first-order chi connectivity index (χ1) is 13.6. The van der Waals surface area contributed by atoms with E-state index in [-0.39, 0.29) is 4.90 Å². The Morgan fingerprint density at radius 3 is 2.46 bits per heavy atom. The summed E-state index contributed by atoms with van der Waals surface area (Å²) in [6.45, 7) is 2.70. The van der Waals surface area contributed by atoms with Gasteiger partial charge in [0.25, 0.3) is 0 Å². The van der Waals surface area contributed by atoms with Crippen molar-refractivity contribution >= 4 is 10.0 Å². The molecule has 1 fully saturated rings. The molecule has 1 saturated heterocycles. The average molecular weight is 403 g/mol. The van der Waals surface area contributed by atoms with Gasteiger partial charge in [-0.1, -0.05) is 5.16 Å². The molecule has 0 atom stereocenters. The second-order valence-corrected chi connectivity index (χ2v) is 8.45. The average Bonchev–Trinajstić information content (AvgIpc) is 3.40. The molecule has 9 heteroatoms. The normalized spacial score (nSPS) is 16.3. The van der Waals surface area contributed by atoms with E-state index < -0.39 is 10.0 Å². The maximum Gasteiger partial charge on any atom is 0.243 e. The Hall–Kier alpha value is -2.62. The molecule has 0 N–H and O–H groups in total. The van der Waals surface area contributed by atoms with Crippen LogP contribution in [0.15, 0.2) is 62.6 Å². The topological polar surface area (TPSA) is 89.0 Å². The summed E-state index contributed by atoms with van der Waals surface area (Å²) < 4.78 is 42.9. The van der Waals surface area contributed by atoms with Crippen LogP contribution in [0.1, 0.15) is 5.69 Å². The lowest BCUT2D eigenvalue weighted by molar-refractivity contribution is 0.178. The lowest BCUT2D eigenvalue weighted by Crippen LogP contribution is -2.48. The molecule has 3 aromatic rings. The number of rotatable bonds is 6. The fourth-order valence-electron chi connectivity index (χ4n) is 3.18. The third-order valence-electron chi connectivity index (χ3n) is 4.74. The van der Waals surface area contributed by atoms with Gasteiger partial charge in [-0.3, -0.25) is 4.90 Å². The minimum atomic E-state index is -3.50. The van der Waals surface area contributed by atoms with Crippen molar-refractivity contribution < 1.29 is 22.1 Å². The van der Waals surface area contributed by atoms with Crippen LogP contribution in [-0.4, -0.2) is 56.1 Å². The Morgan fingerprint density at radius 1 is 1.07 bits per heavy atom. The molecule has 0 amide bonds. The van der Waals surface area contributed by atoms with Gasteiger partial charge in [-0.25, -0.2) is 8.42 Å². The monoisotopic (exact) mass is 403 g/mol. The first-order valence-electron chi connectivity index (χ1n) is 8.92. The van der Waals surface area contributed by atoms with E-state index >= 15 is 0 Å². The molecule has 0 aliphatic carbocycles. The van der Waals surface area contributed by atoms with Crippen LogP contribution >= 0.6 is 0 Å². The fraction of sp³-hybridized carbons (Fsp3) is 0.316. The first-order valence-corrected chi connectivity index (χ1v) is 10.4. The maximum atomic E-state index is 12.8. The van der Waals surface area contributed by atoms with E-state index in [1.54, 1.807) is 43.7 Å². The second-order valence-electron chi connectivity index (χ2n) is 6.52. The summed E-state index contributed by atoms with van der Waals surface area (Å²) in [5.74, 6) is 1.85. The van der Waals surface area contributed by atoms with Crippen molar-refractivity contribution in [2.45, 2.75) is 11.4 Å². The van der Waals surface area contributed by atoms with Gasteiger partial charge < -0.3 is 13.7 Å². The predicted octanol–water partition coefficient (Wildman–Crippen LogP) is 2.45. The number of furan rings is 1. The Kier molecular flexibility index (Phi) is 5.21. The van der Waals surface area contributed by atoms with E-state index in [1.165, 1.54) is 4.31 Å². The highest BCUT2D eigenvalue weighted by Crippen LogP contribution is 2.23. The van der Waals surface area contributed by atoms with E-state index in [0.717, 1.165) is 5.69 Å². The first kappa shape index (κ1) is 18.7. The van der Waals surface area contributed by atoms with Gasteiger partial charge in [0.05, 0.1) is 24.0 Å². The molecule has 0 radical (unpaired) electrons. The minimum absolute atomic E-state index is 0.279. The smallest absolute Gasteiger partial charge is 0.243 e. The zero-order valence-corrected chi connectivity index (χ0v) is 16.3. The van der Waals surface area contributed by atoms with E-state index in [0.29, 0.717) is 50.0 Å². The van der Waals surface area contributed by atoms with Crippen molar-refractivity contribution in [1.29, 1.82) is 0 Å². The number of aromatic nitrogens is 1. The van der Waals surface area contributed by atoms with Crippen LogP contribution in [0.5, 0.6) is 5.75 Å². The molecule has 1 aliphatic rings. The largest absolute Gasteiger partial charge is 0.497 e. The number of methoxy groups -OCH3 is 1. The fourth-order valence-corrected chi connectivity index (χ4v) is 4.60. The van der Waals surface area contributed by atoms with Crippen LogP contribution in [0.25, 0.3) is 11.5 Å². The van der Waals surface area contributed by atoms with E-state index in [9.17, 15) is 8.42 Å². The van der Waals surface area contributed by atoms with Gasteiger partial charge in [0.1, 0.15) is 5.75 Å². The van der Waals surface area contributed by atoms with Gasteiger partial charge >= 0.3 is 0 Å². The third-order valence-corrected chi connectivity index (χ3v) is 6.65. The molecule has 8 nitrogen and oxygen atoms in total. The minimum Gasteiger partial charge on any atom is -0.497 e. The van der Waals surface area contributed by atoms with Gasteiger partial charge in [0, 0.05) is 38.8 Å².